The molecule has 0 N–H and O–H groups in total. The number of hydrogen-bond acceptors (Lipinski definition) is 4. The van der Waals surface area contributed by atoms with Crippen molar-refractivity contribution in [2.24, 2.45) is 5.92 Å². The number of nitrogens with zero attached hydrogens (tertiary/aromatic N) is 4. The van der Waals surface area contributed by atoms with E-state index in [2.05, 4.69) is 16.8 Å². The Hall–Kier alpha value is -1.95. The molecule has 1 aromatic rings. The number of piperidine rings is 1. The van der Waals surface area contributed by atoms with Gasteiger partial charge in [-0.25, -0.2) is 4.98 Å². The van der Waals surface area contributed by atoms with Crippen LogP contribution in [0.15, 0.2) is 18.3 Å². The summed E-state index contributed by atoms with van der Waals surface area (Å²) in [7, 11) is 0. The number of fused-ring (bicyclic) bond motifs is 1. The Morgan fingerprint density at radius 2 is 2.09 bits per heavy atom. The molecule has 1 aromatic heterocycles. The van der Waals surface area contributed by atoms with Crippen LogP contribution in [-0.2, 0) is 17.9 Å². The van der Waals surface area contributed by atoms with Gasteiger partial charge in [0.25, 0.3) is 0 Å². The fourth-order valence-electron chi connectivity index (χ4n) is 3.22. The highest BCUT2D eigenvalue weighted by atomic mass is 16.2. The fourth-order valence-corrected chi connectivity index (χ4v) is 3.22. The molecular weight excluding hydrogens is 292 g/mol. The minimum Gasteiger partial charge on any atom is -0.330 e. The molecule has 2 aliphatic heterocycles. The lowest BCUT2D eigenvalue weighted by molar-refractivity contribution is -0.127. The summed E-state index contributed by atoms with van der Waals surface area (Å²) in [5, 5.41) is 0. The molecule has 0 spiro atoms. The molecule has 3 heterocycles. The van der Waals surface area contributed by atoms with Gasteiger partial charge in [0, 0.05) is 25.7 Å². The average Bonchev–Trinajstić information content (AvgIpc) is 2.98. The van der Waals surface area contributed by atoms with E-state index in [1.807, 2.05) is 10.6 Å². The minimum atomic E-state index is 0.0253. The van der Waals surface area contributed by atoms with Gasteiger partial charge < -0.3 is 9.47 Å². The van der Waals surface area contributed by atoms with Crippen molar-refractivity contribution < 1.29 is 9.59 Å². The molecule has 0 bridgehead atoms. The van der Waals surface area contributed by atoms with Gasteiger partial charge in [0.05, 0.1) is 12.7 Å². The zero-order valence-corrected chi connectivity index (χ0v) is 13.6. The third-order valence-electron chi connectivity index (χ3n) is 4.83. The number of aldehydes is 1. The SMILES string of the molecule is CC1CCN(C/C=C/C(=O)N2CCn3c(C=O)cnc3C2)CC1. The molecule has 6 heteroatoms. The molecule has 1 fully saturated rings. The van der Waals surface area contributed by atoms with Crippen molar-refractivity contribution in [1.29, 1.82) is 0 Å². The first-order chi connectivity index (χ1) is 11.2. The maximum Gasteiger partial charge on any atom is 0.246 e. The summed E-state index contributed by atoms with van der Waals surface area (Å²) in [5.74, 6) is 1.63. The summed E-state index contributed by atoms with van der Waals surface area (Å²) < 4.78 is 1.88. The predicted molar refractivity (Wildman–Crippen MR) is 87.0 cm³/mol. The second-order valence-corrected chi connectivity index (χ2v) is 6.51. The van der Waals surface area contributed by atoms with Crippen LogP contribution in [0.3, 0.4) is 0 Å². The lowest BCUT2D eigenvalue weighted by Crippen LogP contribution is -2.38. The Morgan fingerprint density at radius 3 is 2.83 bits per heavy atom. The molecule has 0 saturated carbocycles. The van der Waals surface area contributed by atoms with Gasteiger partial charge in [-0.15, -0.1) is 0 Å². The van der Waals surface area contributed by atoms with Crippen LogP contribution in [-0.4, -0.2) is 57.7 Å². The monoisotopic (exact) mass is 316 g/mol. The van der Waals surface area contributed by atoms with Crippen molar-refractivity contribution >= 4 is 12.2 Å². The molecule has 0 atom stereocenters. The summed E-state index contributed by atoms with van der Waals surface area (Å²) in [4.78, 5) is 31.6. The van der Waals surface area contributed by atoms with E-state index >= 15 is 0 Å². The first-order valence-corrected chi connectivity index (χ1v) is 8.34. The van der Waals surface area contributed by atoms with E-state index in [1.54, 1.807) is 17.2 Å². The molecule has 6 nitrogen and oxygen atoms in total. The van der Waals surface area contributed by atoms with E-state index in [9.17, 15) is 9.59 Å². The Balaban J connectivity index is 1.51. The highest BCUT2D eigenvalue weighted by Gasteiger charge is 2.22. The van der Waals surface area contributed by atoms with Crippen LogP contribution in [0.5, 0.6) is 0 Å². The Morgan fingerprint density at radius 1 is 1.30 bits per heavy atom. The second kappa shape index (κ2) is 7.08. The Kier molecular flexibility index (Phi) is 4.91. The molecule has 1 amide bonds. The fraction of sp³-hybridized carbons (Fsp3) is 0.588. The number of rotatable bonds is 4. The van der Waals surface area contributed by atoms with E-state index in [4.69, 9.17) is 0 Å². The topological polar surface area (TPSA) is 58.4 Å². The third kappa shape index (κ3) is 3.69. The number of imidazole rings is 1. The Labute approximate surface area is 136 Å². The van der Waals surface area contributed by atoms with Gasteiger partial charge >= 0.3 is 0 Å². The van der Waals surface area contributed by atoms with Crippen LogP contribution in [0.25, 0.3) is 0 Å². The van der Waals surface area contributed by atoms with E-state index in [1.165, 1.54) is 12.8 Å². The van der Waals surface area contributed by atoms with E-state index in [0.29, 0.717) is 25.3 Å². The molecule has 0 aliphatic carbocycles. The van der Waals surface area contributed by atoms with Crippen LogP contribution >= 0.6 is 0 Å². The predicted octanol–water partition coefficient (Wildman–Crippen LogP) is 1.33. The van der Waals surface area contributed by atoms with Crippen molar-refractivity contribution in [1.82, 2.24) is 19.4 Å². The van der Waals surface area contributed by atoms with Crippen LogP contribution in [0.2, 0.25) is 0 Å². The number of aromatic nitrogens is 2. The quantitative estimate of drug-likeness (QED) is 0.621. The van der Waals surface area contributed by atoms with Crippen LogP contribution in [0, 0.1) is 5.92 Å². The molecular formula is C17H24N4O2. The molecule has 2 aliphatic rings. The van der Waals surface area contributed by atoms with Gasteiger partial charge in [0.1, 0.15) is 11.5 Å². The summed E-state index contributed by atoms with van der Waals surface area (Å²) in [6, 6.07) is 0. The van der Waals surface area contributed by atoms with Crippen molar-refractivity contribution in [2.75, 3.05) is 26.2 Å². The van der Waals surface area contributed by atoms with Gasteiger partial charge in [0.15, 0.2) is 6.29 Å². The smallest absolute Gasteiger partial charge is 0.246 e. The zero-order chi connectivity index (χ0) is 16.2. The maximum absolute atomic E-state index is 12.3. The summed E-state index contributed by atoms with van der Waals surface area (Å²) in [6.45, 7) is 7.10. The van der Waals surface area contributed by atoms with Gasteiger partial charge in [0.2, 0.25) is 5.91 Å². The van der Waals surface area contributed by atoms with Crippen molar-refractivity contribution in [3.8, 4) is 0 Å². The first-order valence-electron chi connectivity index (χ1n) is 8.34. The van der Waals surface area contributed by atoms with Gasteiger partial charge in [-0.05, 0) is 31.8 Å². The first kappa shape index (κ1) is 15.9. The number of likely N-dealkylation sites (tertiary alicyclic amines) is 1. The van der Waals surface area contributed by atoms with E-state index < -0.39 is 0 Å². The number of hydrogen-bond donors (Lipinski definition) is 0. The zero-order valence-electron chi connectivity index (χ0n) is 13.6. The van der Waals surface area contributed by atoms with E-state index in [-0.39, 0.29) is 5.91 Å². The molecule has 1 saturated heterocycles. The largest absolute Gasteiger partial charge is 0.330 e. The molecule has 3 rings (SSSR count). The highest BCUT2D eigenvalue weighted by molar-refractivity contribution is 5.87. The molecule has 23 heavy (non-hydrogen) atoms. The lowest BCUT2D eigenvalue weighted by atomic mass is 9.99. The third-order valence-corrected chi connectivity index (χ3v) is 4.83. The van der Waals surface area contributed by atoms with E-state index in [0.717, 1.165) is 37.7 Å². The van der Waals surface area contributed by atoms with Gasteiger partial charge in [-0.1, -0.05) is 13.0 Å². The van der Waals surface area contributed by atoms with Crippen molar-refractivity contribution in [3.63, 3.8) is 0 Å². The van der Waals surface area contributed by atoms with Crippen molar-refractivity contribution in [3.05, 3.63) is 29.9 Å². The van der Waals surface area contributed by atoms with Crippen LogP contribution < -0.4 is 0 Å². The summed E-state index contributed by atoms with van der Waals surface area (Å²) >= 11 is 0. The van der Waals surface area contributed by atoms with Crippen LogP contribution in [0.4, 0.5) is 0 Å². The average molecular weight is 316 g/mol. The maximum atomic E-state index is 12.3. The number of amides is 1. The van der Waals surface area contributed by atoms with Crippen LogP contribution in [0.1, 0.15) is 36.1 Å². The van der Waals surface area contributed by atoms with Crippen molar-refractivity contribution in [2.45, 2.75) is 32.9 Å². The number of carbonyl (C=O) groups excluding carboxylic acids is 2. The van der Waals surface area contributed by atoms with Gasteiger partial charge in [-0.3, -0.25) is 14.5 Å². The summed E-state index contributed by atoms with van der Waals surface area (Å²) in [6.07, 6.45) is 8.52. The second-order valence-electron chi connectivity index (χ2n) is 6.51. The lowest BCUT2D eigenvalue weighted by Gasteiger charge is -2.29. The summed E-state index contributed by atoms with van der Waals surface area (Å²) in [5.41, 5.74) is 0.585. The molecule has 0 aromatic carbocycles. The normalized spacial score (nSPS) is 20.0. The standard InChI is InChI=1S/C17H24N4O2/c1-14-4-7-19(8-5-14)6-2-3-17(23)20-9-10-21-15(13-22)11-18-16(21)12-20/h2-3,11,13-14H,4-10,12H2,1H3/b3-2+. The molecule has 0 unspecified atom stereocenters. The highest BCUT2D eigenvalue weighted by Crippen LogP contribution is 2.16. The molecule has 0 radical (unpaired) electrons. The minimum absolute atomic E-state index is 0.0253. The number of carbonyl (C=O) groups is 2. The molecule has 124 valence electrons. The van der Waals surface area contributed by atoms with Gasteiger partial charge in [-0.2, -0.15) is 0 Å². The Bertz CT molecular complexity index is 600.